The van der Waals surface area contributed by atoms with Gasteiger partial charge in [0.2, 0.25) is 12.7 Å². The van der Waals surface area contributed by atoms with Crippen LogP contribution in [0.1, 0.15) is 22.2 Å². The molecular formula is C20H17N3O5S. The maximum atomic E-state index is 12.6. The molecule has 0 fully saturated rings. The normalized spacial score (nSPS) is 12.1. The maximum absolute atomic E-state index is 12.6. The molecule has 0 atom stereocenters. The van der Waals surface area contributed by atoms with Crippen LogP contribution in [-0.2, 0) is 11.3 Å². The predicted octanol–water partition coefficient (Wildman–Crippen LogP) is 2.85. The third-order valence-corrected chi connectivity index (χ3v) is 5.34. The second kappa shape index (κ2) is 7.51. The van der Waals surface area contributed by atoms with E-state index in [-0.39, 0.29) is 19.1 Å². The van der Waals surface area contributed by atoms with Crippen LogP contribution < -0.4 is 20.3 Å². The highest BCUT2D eigenvalue weighted by atomic mass is 32.1. The SMILES string of the molecule is CC(=O)c1cc2c(cc1NC(=O)Cn1nc(-c3ccc(C)s3)ccc1=O)OCO2. The first-order chi connectivity index (χ1) is 13.9. The molecule has 0 bridgehead atoms. The van der Waals surface area contributed by atoms with Crippen LogP contribution in [0.4, 0.5) is 5.69 Å². The molecular weight excluding hydrogens is 394 g/mol. The highest BCUT2D eigenvalue weighted by molar-refractivity contribution is 7.15. The van der Waals surface area contributed by atoms with Crippen molar-refractivity contribution >= 4 is 28.7 Å². The molecule has 1 amide bonds. The molecule has 148 valence electrons. The lowest BCUT2D eigenvalue weighted by molar-refractivity contribution is -0.117. The van der Waals surface area contributed by atoms with Gasteiger partial charge in [0.1, 0.15) is 12.2 Å². The Hall–Kier alpha value is -3.46. The number of carbonyl (C=O) groups excluding carboxylic acids is 2. The van der Waals surface area contributed by atoms with Crippen molar-refractivity contribution in [1.82, 2.24) is 9.78 Å². The summed E-state index contributed by atoms with van der Waals surface area (Å²) >= 11 is 1.55. The Kier molecular flexibility index (Phi) is 4.89. The van der Waals surface area contributed by atoms with Gasteiger partial charge >= 0.3 is 0 Å². The van der Waals surface area contributed by atoms with Gasteiger partial charge in [-0.05, 0) is 38.1 Å². The van der Waals surface area contributed by atoms with E-state index in [4.69, 9.17) is 9.47 Å². The number of hydrogen-bond acceptors (Lipinski definition) is 7. The average molecular weight is 411 g/mol. The van der Waals surface area contributed by atoms with E-state index in [0.717, 1.165) is 14.4 Å². The summed E-state index contributed by atoms with van der Waals surface area (Å²) in [5.41, 5.74) is 0.813. The van der Waals surface area contributed by atoms with E-state index in [0.29, 0.717) is 28.4 Å². The fraction of sp³-hybridized carbons (Fsp3) is 0.200. The number of fused-ring (bicyclic) bond motifs is 1. The van der Waals surface area contributed by atoms with Crippen molar-refractivity contribution < 1.29 is 19.1 Å². The van der Waals surface area contributed by atoms with E-state index < -0.39 is 11.5 Å². The number of anilines is 1. The minimum absolute atomic E-state index is 0.0539. The summed E-state index contributed by atoms with van der Waals surface area (Å²) in [6.07, 6.45) is 0. The topological polar surface area (TPSA) is 99.5 Å². The second-order valence-electron chi connectivity index (χ2n) is 6.48. The van der Waals surface area contributed by atoms with Crippen molar-refractivity contribution in [1.29, 1.82) is 0 Å². The smallest absolute Gasteiger partial charge is 0.267 e. The zero-order valence-corrected chi connectivity index (χ0v) is 16.5. The van der Waals surface area contributed by atoms with Crippen LogP contribution in [0.15, 0.2) is 41.2 Å². The number of aromatic nitrogens is 2. The number of ketones is 1. The highest BCUT2D eigenvalue weighted by Gasteiger charge is 2.20. The number of aryl methyl sites for hydroxylation is 1. The van der Waals surface area contributed by atoms with Crippen molar-refractivity contribution in [3.8, 4) is 22.1 Å². The molecule has 0 saturated heterocycles. The number of thiophene rings is 1. The highest BCUT2D eigenvalue weighted by Crippen LogP contribution is 2.37. The van der Waals surface area contributed by atoms with Crippen molar-refractivity contribution in [3.63, 3.8) is 0 Å². The number of benzene rings is 1. The molecule has 0 unspecified atom stereocenters. The molecule has 3 heterocycles. The van der Waals surface area contributed by atoms with Gasteiger partial charge in [0.25, 0.3) is 5.56 Å². The average Bonchev–Trinajstić information content (AvgIpc) is 3.31. The summed E-state index contributed by atoms with van der Waals surface area (Å²) in [7, 11) is 0. The monoisotopic (exact) mass is 411 g/mol. The third-order valence-electron chi connectivity index (χ3n) is 4.32. The number of nitrogens with zero attached hydrogens (tertiary/aromatic N) is 2. The largest absolute Gasteiger partial charge is 0.454 e. The number of amides is 1. The molecule has 0 radical (unpaired) electrons. The number of rotatable bonds is 5. The molecule has 1 aromatic carbocycles. The second-order valence-corrected chi connectivity index (χ2v) is 7.77. The summed E-state index contributed by atoms with van der Waals surface area (Å²) in [6.45, 7) is 3.14. The van der Waals surface area contributed by atoms with Crippen LogP contribution in [0.25, 0.3) is 10.6 Å². The molecule has 1 N–H and O–H groups in total. The summed E-state index contributed by atoms with van der Waals surface area (Å²) < 4.78 is 11.7. The van der Waals surface area contributed by atoms with Crippen molar-refractivity contribution in [2.24, 2.45) is 0 Å². The predicted molar refractivity (Wildman–Crippen MR) is 108 cm³/mol. The Bertz CT molecular complexity index is 1180. The molecule has 0 aliphatic carbocycles. The summed E-state index contributed by atoms with van der Waals surface area (Å²) in [5, 5.41) is 6.96. The van der Waals surface area contributed by atoms with Gasteiger partial charge in [0.05, 0.1) is 10.6 Å². The van der Waals surface area contributed by atoms with Gasteiger partial charge in [-0.25, -0.2) is 4.68 Å². The van der Waals surface area contributed by atoms with E-state index in [1.165, 1.54) is 25.1 Å². The zero-order chi connectivity index (χ0) is 20.5. The summed E-state index contributed by atoms with van der Waals surface area (Å²) in [6, 6.07) is 9.97. The van der Waals surface area contributed by atoms with Crippen LogP contribution in [0, 0.1) is 6.92 Å². The van der Waals surface area contributed by atoms with Gasteiger partial charge in [0.15, 0.2) is 17.3 Å². The van der Waals surface area contributed by atoms with E-state index >= 15 is 0 Å². The summed E-state index contributed by atoms with van der Waals surface area (Å²) in [4.78, 5) is 38.7. The molecule has 0 saturated carbocycles. The van der Waals surface area contributed by atoms with Gasteiger partial charge in [-0.3, -0.25) is 14.4 Å². The Labute approximate surface area is 169 Å². The Morgan fingerprint density at radius 1 is 1.17 bits per heavy atom. The van der Waals surface area contributed by atoms with E-state index in [9.17, 15) is 14.4 Å². The lowest BCUT2D eigenvalue weighted by atomic mass is 10.1. The molecule has 9 heteroatoms. The third kappa shape index (κ3) is 3.90. The first-order valence-electron chi connectivity index (χ1n) is 8.80. The van der Waals surface area contributed by atoms with Gasteiger partial charge in [-0.2, -0.15) is 5.10 Å². The van der Waals surface area contributed by atoms with E-state index in [1.807, 2.05) is 19.1 Å². The molecule has 4 rings (SSSR count). The van der Waals surface area contributed by atoms with Gasteiger partial charge < -0.3 is 14.8 Å². The lowest BCUT2D eigenvalue weighted by Crippen LogP contribution is -2.29. The minimum Gasteiger partial charge on any atom is -0.454 e. The molecule has 2 aromatic heterocycles. The number of Topliss-reactive ketones (excluding diaryl/α,β-unsaturated/α-hetero) is 1. The summed E-state index contributed by atoms with van der Waals surface area (Å²) in [5.74, 6) is 0.171. The molecule has 3 aromatic rings. The van der Waals surface area contributed by atoms with Crippen LogP contribution in [0.3, 0.4) is 0 Å². The lowest BCUT2D eigenvalue weighted by Gasteiger charge is -2.11. The van der Waals surface area contributed by atoms with E-state index in [1.54, 1.807) is 17.4 Å². The number of hydrogen-bond donors (Lipinski definition) is 1. The van der Waals surface area contributed by atoms with Crippen LogP contribution in [-0.4, -0.2) is 28.3 Å². The first-order valence-corrected chi connectivity index (χ1v) is 9.62. The molecule has 0 spiro atoms. The van der Waals surface area contributed by atoms with Crippen LogP contribution >= 0.6 is 11.3 Å². The quantitative estimate of drug-likeness (QED) is 0.648. The Morgan fingerprint density at radius 2 is 1.93 bits per heavy atom. The van der Waals surface area contributed by atoms with Crippen molar-refractivity contribution in [2.75, 3.05) is 12.1 Å². The minimum atomic E-state index is -0.486. The molecule has 1 aliphatic heterocycles. The van der Waals surface area contributed by atoms with Crippen molar-refractivity contribution in [2.45, 2.75) is 20.4 Å². The van der Waals surface area contributed by atoms with Crippen LogP contribution in [0.5, 0.6) is 11.5 Å². The van der Waals surface area contributed by atoms with Gasteiger partial charge in [0, 0.05) is 22.6 Å². The van der Waals surface area contributed by atoms with Crippen LogP contribution in [0.2, 0.25) is 0 Å². The fourth-order valence-corrected chi connectivity index (χ4v) is 3.76. The molecule has 29 heavy (non-hydrogen) atoms. The first kappa shape index (κ1) is 18.9. The van der Waals surface area contributed by atoms with E-state index in [2.05, 4.69) is 10.4 Å². The van der Waals surface area contributed by atoms with Gasteiger partial charge in [-0.1, -0.05) is 0 Å². The fourth-order valence-electron chi connectivity index (χ4n) is 2.93. The Balaban J connectivity index is 1.58. The molecule has 8 nitrogen and oxygen atoms in total. The standard InChI is InChI=1S/C20H17N3O5S/c1-11-3-5-18(29-11)14-4-6-20(26)23(22-14)9-19(25)21-15-8-17-16(27-10-28-17)7-13(15)12(2)24/h3-8H,9-10H2,1-2H3,(H,21,25). The van der Waals surface area contributed by atoms with Gasteiger partial charge in [-0.15, -0.1) is 11.3 Å². The zero-order valence-electron chi connectivity index (χ0n) is 15.7. The van der Waals surface area contributed by atoms with Crippen molar-refractivity contribution in [3.05, 3.63) is 57.2 Å². The number of nitrogens with one attached hydrogen (secondary N) is 1. The Morgan fingerprint density at radius 3 is 2.62 bits per heavy atom. The molecule has 1 aliphatic rings. The number of carbonyl (C=O) groups is 2. The number of ether oxygens (including phenoxy) is 2. The maximum Gasteiger partial charge on any atom is 0.267 e.